The van der Waals surface area contributed by atoms with E-state index in [4.69, 9.17) is 4.74 Å². The van der Waals surface area contributed by atoms with E-state index in [0.29, 0.717) is 6.61 Å². The van der Waals surface area contributed by atoms with E-state index < -0.39 is 0 Å². The van der Waals surface area contributed by atoms with Crippen LogP contribution in [0.1, 0.15) is 30.0 Å². The zero-order chi connectivity index (χ0) is 20.6. The average Bonchev–Trinajstić information content (AvgIpc) is 2.75. The highest BCUT2D eigenvalue weighted by molar-refractivity contribution is 5.98. The number of likely N-dealkylation sites (N-methyl/N-ethyl adjacent to an activating group) is 1. The Balaban J connectivity index is 2.07. The molecule has 0 spiro atoms. The van der Waals surface area contributed by atoms with Crippen LogP contribution < -0.4 is 10.1 Å². The van der Waals surface area contributed by atoms with Gasteiger partial charge in [0.05, 0.1) is 0 Å². The van der Waals surface area contributed by atoms with Gasteiger partial charge in [0.25, 0.3) is 0 Å². The molecular formula is C25H27NO3. The van der Waals surface area contributed by atoms with Crippen molar-refractivity contribution in [3.05, 3.63) is 89.5 Å². The van der Waals surface area contributed by atoms with Gasteiger partial charge < -0.3 is 20.3 Å². The molecule has 0 aliphatic carbocycles. The first kappa shape index (κ1) is 20.5. The van der Waals surface area contributed by atoms with Crippen LogP contribution in [0.5, 0.6) is 17.2 Å². The van der Waals surface area contributed by atoms with Crippen molar-refractivity contribution < 1.29 is 14.9 Å². The van der Waals surface area contributed by atoms with Crippen molar-refractivity contribution in [3.63, 3.8) is 0 Å². The van der Waals surface area contributed by atoms with E-state index in [0.717, 1.165) is 41.0 Å². The van der Waals surface area contributed by atoms with Gasteiger partial charge >= 0.3 is 0 Å². The van der Waals surface area contributed by atoms with Crippen LogP contribution in [0.25, 0.3) is 11.1 Å². The van der Waals surface area contributed by atoms with E-state index >= 15 is 0 Å². The summed E-state index contributed by atoms with van der Waals surface area (Å²) in [5.74, 6) is 1.32. The van der Waals surface area contributed by atoms with E-state index in [2.05, 4.69) is 24.4 Å². The van der Waals surface area contributed by atoms with Crippen LogP contribution in [0.2, 0.25) is 0 Å². The fourth-order valence-corrected chi connectivity index (χ4v) is 3.32. The Morgan fingerprint density at radius 1 is 0.759 bits per heavy atom. The van der Waals surface area contributed by atoms with E-state index in [9.17, 15) is 10.2 Å². The molecule has 0 fully saturated rings. The standard InChI is InChI=1S/C25H27NO3/c1-3-24(18-4-10-21(27)11-5-18)25(19-6-12-22(28)13-7-19)20-8-14-23(15-9-20)29-17-16-26-2/h4-15,26-28H,3,16-17H2,1-2H3/b25-24+. The highest BCUT2D eigenvalue weighted by Gasteiger charge is 2.13. The number of nitrogens with one attached hydrogen (secondary N) is 1. The Hall–Kier alpha value is -3.24. The number of aromatic hydroxyl groups is 2. The lowest BCUT2D eigenvalue weighted by molar-refractivity contribution is 0.318. The number of allylic oxidation sites excluding steroid dienone is 1. The first-order valence-corrected chi connectivity index (χ1v) is 9.82. The van der Waals surface area contributed by atoms with Gasteiger partial charge in [-0.15, -0.1) is 0 Å². The van der Waals surface area contributed by atoms with Crippen molar-refractivity contribution in [2.24, 2.45) is 0 Å². The third-order valence-electron chi connectivity index (χ3n) is 4.79. The zero-order valence-corrected chi connectivity index (χ0v) is 16.9. The second kappa shape index (κ2) is 9.80. The van der Waals surface area contributed by atoms with Crippen LogP contribution in [-0.2, 0) is 0 Å². The Labute approximate surface area is 172 Å². The second-order valence-electron chi connectivity index (χ2n) is 6.78. The molecule has 29 heavy (non-hydrogen) atoms. The van der Waals surface area contributed by atoms with E-state index in [-0.39, 0.29) is 11.5 Å². The maximum absolute atomic E-state index is 9.73. The third kappa shape index (κ3) is 5.18. The predicted octanol–water partition coefficient (Wildman–Crippen LogP) is 5.07. The van der Waals surface area contributed by atoms with Gasteiger partial charge in [-0.25, -0.2) is 0 Å². The summed E-state index contributed by atoms with van der Waals surface area (Å²) in [4.78, 5) is 0. The van der Waals surface area contributed by atoms with Crippen LogP contribution in [0.4, 0.5) is 0 Å². The summed E-state index contributed by atoms with van der Waals surface area (Å²) in [6.45, 7) is 3.53. The summed E-state index contributed by atoms with van der Waals surface area (Å²) in [6.07, 6.45) is 0.821. The molecule has 3 N–H and O–H groups in total. The zero-order valence-electron chi connectivity index (χ0n) is 16.9. The number of hydrogen-bond acceptors (Lipinski definition) is 4. The lowest BCUT2D eigenvalue weighted by Gasteiger charge is -2.17. The SMILES string of the molecule is CC/C(=C(/c1ccc(O)cc1)c1ccc(OCCNC)cc1)c1ccc(O)cc1. The molecule has 3 aromatic carbocycles. The van der Waals surface area contributed by atoms with E-state index in [1.807, 2.05) is 43.4 Å². The molecule has 0 aliphatic rings. The monoisotopic (exact) mass is 389 g/mol. The quantitative estimate of drug-likeness (QED) is 0.372. The maximum atomic E-state index is 9.73. The first-order valence-electron chi connectivity index (χ1n) is 9.82. The number of phenolic OH excluding ortho intramolecular Hbond substituents is 2. The molecule has 4 nitrogen and oxygen atoms in total. The lowest BCUT2D eigenvalue weighted by atomic mass is 9.88. The summed E-state index contributed by atoms with van der Waals surface area (Å²) >= 11 is 0. The van der Waals surface area contributed by atoms with Crippen molar-refractivity contribution >= 4 is 11.1 Å². The van der Waals surface area contributed by atoms with Gasteiger partial charge in [0.1, 0.15) is 23.9 Å². The molecule has 0 saturated heterocycles. The smallest absolute Gasteiger partial charge is 0.119 e. The summed E-state index contributed by atoms with van der Waals surface area (Å²) in [5, 5.41) is 22.5. The van der Waals surface area contributed by atoms with Crippen LogP contribution in [0.15, 0.2) is 72.8 Å². The number of phenols is 2. The number of benzene rings is 3. The molecule has 150 valence electrons. The van der Waals surface area contributed by atoms with E-state index in [1.54, 1.807) is 24.3 Å². The van der Waals surface area contributed by atoms with Crippen LogP contribution >= 0.6 is 0 Å². The van der Waals surface area contributed by atoms with Gasteiger partial charge in [0.2, 0.25) is 0 Å². The summed E-state index contributed by atoms with van der Waals surface area (Å²) in [5.41, 5.74) is 5.42. The molecule has 0 aliphatic heterocycles. The predicted molar refractivity (Wildman–Crippen MR) is 118 cm³/mol. The maximum Gasteiger partial charge on any atom is 0.119 e. The highest BCUT2D eigenvalue weighted by Crippen LogP contribution is 2.36. The molecule has 0 unspecified atom stereocenters. The number of ether oxygens (including phenoxy) is 1. The first-order chi connectivity index (χ1) is 14.1. The van der Waals surface area contributed by atoms with Gasteiger partial charge in [0, 0.05) is 6.54 Å². The molecule has 4 heteroatoms. The molecular weight excluding hydrogens is 362 g/mol. The topological polar surface area (TPSA) is 61.7 Å². The third-order valence-corrected chi connectivity index (χ3v) is 4.79. The van der Waals surface area contributed by atoms with Crippen molar-refractivity contribution in [3.8, 4) is 17.2 Å². The van der Waals surface area contributed by atoms with Crippen LogP contribution in [-0.4, -0.2) is 30.4 Å². The van der Waals surface area contributed by atoms with Crippen molar-refractivity contribution in [1.29, 1.82) is 0 Å². The minimum Gasteiger partial charge on any atom is -0.508 e. The fraction of sp³-hybridized carbons (Fsp3) is 0.200. The van der Waals surface area contributed by atoms with Crippen molar-refractivity contribution in [2.75, 3.05) is 20.2 Å². The van der Waals surface area contributed by atoms with Gasteiger partial charge in [0.15, 0.2) is 0 Å². The molecule has 0 aromatic heterocycles. The molecule has 3 aromatic rings. The van der Waals surface area contributed by atoms with Gasteiger partial charge in [-0.2, -0.15) is 0 Å². The summed E-state index contributed by atoms with van der Waals surface area (Å²) in [7, 11) is 1.90. The molecule has 0 amide bonds. The summed E-state index contributed by atoms with van der Waals surface area (Å²) in [6, 6.07) is 22.6. The van der Waals surface area contributed by atoms with E-state index in [1.165, 1.54) is 5.57 Å². The largest absolute Gasteiger partial charge is 0.508 e. The normalized spacial score (nSPS) is 11.8. The Morgan fingerprint density at radius 2 is 1.24 bits per heavy atom. The fourth-order valence-electron chi connectivity index (χ4n) is 3.32. The second-order valence-corrected chi connectivity index (χ2v) is 6.78. The van der Waals surface area contributed by atoms with Crippen LogP contribution in [0.3, 0.4) is 0 Å². The van der Waals surface area contributed by atoms with Gasteiger partial charge in [-0.05, 0) is 77.7 Å². The number of rotatable bonds is 8. The average molecular weight is 389 g/mol. The molecule has 0 heterocycles. The Morgan fingerprint density at radius 3 is 1.72 bits per heavy atom. The summed E-state index contributed by atoms with van der Waals surface area (Å²) < 4.78 is 5.75. The van der Waals surface area contributed by atoms with Gasteiger partial charge in [-0.1, -0.05) is 43.3 Å². The van der Waals surface area contributed by atoms with Crippen molar-refractivity contribution in [2.45, 2.75) is 13.3 Å². The van der Waals surface area contributed by atoms with Crippen molar-refractivity contribution in [1.82, 2.24) is 5.32 Å². The van der Waals surface area contributed by atoms with Gasteiger partial charge in [-0.3, -0.25) is 0 Å². The molecule has 0 bridgehead atoms. The number of hydrogen-bond donors (Lipinski definition) is 3. The minimum atomic E-state index is 0.240. The lowest BCUT2D eigenvalue weighted by Crippen LogP contribution is -2.15. The molecule has 3 rings (SSSR count). The minimum absolute atomic E-state index is 0.240. The van der Waals surface area contributed by atoms with Crippen LogP contribution in [0, 0.1) is 0 Å². The highest BCUT2D eigenvalue weighted by atomic mass is 16.5. The molecule has 0 saturated carbocycles. The Kier molecular flexibility index (Phi) is 6.93. The Bertz CT molecular complexity index is 943. The molecule has 0 atom stereocenters. The molecule has 0 radical (unpaired) electrons.